The summed E-state index contributed by atoms with van der Waals surface area (Å²) in [5.41, 5.74) is 1.12. The second-order valence-corrected chi connectivity index (χ2v) is 6.93. The van der Waals surface area contributed by atoms with Gasteiger partial charge in [0.25, 0.3) is 5.91 Å². The highest BCUT2D eigenvalue weighted by Gasteiger charge is 2.16. The first-order chi connectivity index (χ1) is 12.6. The highest BCUT2D eigenvalue weighted by Crippen LogP contribution is 2.20. The molecule has 1 fully saturated rings. The van der Waals surface area contributed by atoms with Crippen molar-refractivity contribution in [3.63, 3.8) is 0 Å². The molecule has 0 bridgehead atoms. The average Bonchev–Trinajstić information content (AvgIpc) is 3.17. The summed E-state index contributed by atoms with van der Waals surface area (Å²) in [6, 6.07) is 7.24. The van der Waals surface area contributed by atoms with Gasteiger partial charge in [0.15, 0.2) is 0 Å². The number of benzene rings is 1. The first-order valence-corrected chi connectivity index (χ1v) is 9.38. The number of hydrogen-bond acceptors (Lipinski definition) is 3. The van der Waals surface area contributed by atoms with E-state index in [0.29, 0.717) is 10.6 Å². The Morgan fingerprint density at radius 3 is 2.77 bits per heavy atom. The van der Waals surface area contributed by atoms with E-state index in [1.807, 2.05) is 0 Å². The summed E-state index contributed by atoms with van der Waals surface area (Å²) in [5, 5.41) is 10.3. The van der Waals surface area contributed by atoms with Crippen molar-refractivity contribution in [3.05, 3.63) is 47.2 Å². The van der Waals surface area contributed by atoms with E-state index in [1.165, 1.54) is 19.3 Å². The Kier molecular flexibility index (Phi) is 6.28. The number of nitrogens with one attached hydrogen (secondary N) is 2. The Morgan fingerprint density at radius 1 is 1.23 bits per heavy atom. The molecule has 138 valence electrons. The summed E-state index contributed by atoms with van der Waals surface area (Å²) < 4.78 is 1.66. The van der Waals surface area contributed by atoms with Gasteiger partial charge in [0.2, 0.25) is 5.91 Å². The second-order valence-electron chi connectivity index (χ2n) is 6.52. The molecule has 2 N–H and O–H groups in total. The van der Waals surface area contributed by atoms with Gasteiger partial charge < -0.3 is 10.6 Å². The van der Waals surface area contributed by atoms with Crippen LogP contribution in [0.25, 0.3) is 5.69 Å². The average molecular weight is 375 g/mol. The number of carbonyl (C=O) groups is 2. The van der Waals surface area contributed by atoms with Crippen molar-refractivity contribution in [2.75, 3.05) is 6.54 Å². The summed E-state index contributed by atoms with van der Waals surface area (Å²) in [4.78, 5) is 24.4. The fraction of sp³-hybridized carbons (Fsp3) is 0.421. The lowest BCUT2D eigenvalue weighted by Gasteiger charge is -2.22. The van der Waals surface area contributed by atoms with Crippen molar-refractivity contribution in [1.29, 1.82) is 0 Å². The zero-order valence-corrected chi connectivity index (χ0v) is 15.3. The van der Waals surface area contributed by atoms with Crippen LogP contribution in [0.2, 0.25) is 5.02 Å². The van der Waals surface area contributed by atoms with E-state index in [-0.39, 0.29) is 30.8 Å². The Labute approximate surface area is 157 Å². The van der Waals surface area contributed by atoms with Gasteiger partial charge >= 0.3 is 0 Å². The molecular weight excluding hydrogens is 352 g/mol. The maximum Gasteiger partial charge on any atom is 0.252 e. The quantitative estimate of drug-likeness (QED) is 0.815. The van der Waals surface area contributed by atoms with E-state index in [9.17, 15) is 9.59 Å². The lowest BCUT2D eigenvalue weighted by molar-refractivity contribution is -0.121. The molecule has 1 aromatic carbocycles. The minimum atomic E-state index is -0.297. The van der Waals surface area contributed by atoms with Crippen LogP contribution < -0.4 is 10.6 Å². The lowest BCUT2D eigenvalue weighted by Crippen LogP contribution is -2.38. The number of carbonyl (C=O) groups excluding carboxylic acids is 2. The van der Waals surface area contributed by atoms with Gasteiger partial charge in [-0.3, -0.25) is 9.59 Å². The molecule has 1 aromatic heterocycles. The predicted octanol–water partition coefficient (Wildman–Crippen LogP) is 3.09. The lowest BCUT2D eigenvalue weighted by atomic mass is 9.95. The molecule has 2 amide bonds. The SMILES string of the molecule is O=C(CCNC(=O)c1cc(-n2cccn2)ccc1Cl)NC1CCCCC1. The van der Waals surface area contributed by atoms with Crippen LogP contribution in [0.5, 0.6) is 0 Å². The molecule has 26 heavy (non-hydrogen) atoms. The molecule has 2 aromatic rings. The van der Waals surface area contributed by atoms with Gasteiger partial charge in [-0.25, -0.2) is 4.68 Å². The van der Waals surface area contributed by atoms with Crippen molar-refractivity contribution in [1.82, 2.24) is 20.4 Å². The van der Waals surface area contributed by atoms with Crippen LogP contribution in [-0.4, -0.2) is 34.2 Å². The molecular formula is C19H23ClN4O2. The van der Waals surface area contributed by atoms with Crippen molar-refractivity contribution >= 4 is 23.4 Å². The molecule has 1 aliphatic rings. The van der Waals surface area contributed by atoms with Crippen molar-refractivity contribution < 1.29 is 9.59 Å². The monoisotopic (exact) mass is 374 g/mol. The molecule has 6 nitrogen and oxygen atoms in total. The zero-order chi connectivity index (χ0) is 18.4. The molecule has 1 aliphatic carbocycles. The minimum Gasteiger partial charge on any atom is -0.353 e. The van der Waals surface area contributed by atoms with Crippen molar-refractivity contribution in [3.8, 4) is 5.69 Å². The van der Waals surface area contributed by atoms with Gasteiger partial charge in [-0.2, -0.15) is 5.10 Å². The van der Waals surface area contributed by atoms with Crippen LogP contribution in [0.1, 0.15) is 48.9 Å². The number of aromatic nitrogens is 2. The van der Waals surface area contributed by atoms with Crippen LogP contribution in [0.3, 0.4) is 0 Å². The van der Waals surface area contributed by atoms with Gasteiger partial charge in [0, 0.05) is 31.4 Å². The maximum atomic E-state index is 12.4. The van der Waals surface area contributed by atoms with Crippen LogP contribution >= 0.6 is 11.6 Å². The van der Waals surface area contributed by atoms with Crippen LogP contribution in [0.15, 0.2) is 36.7 Å². The van der Waals surface area contributed by atoms with Gasteiger partial charge in [0.1, 0.15) is 0 Å². The smallest absolute Gasteiger partial charge is 0.252 e. The maximum absolute atomic E-state index is 12.4. The van der Waals surface area contributed by atoms with E-state index in [4.69, 9.17) is 11.6 Å². The van der Waals surface area contributed by atoms with E-state index in [2.05, 4.69) is 15.7 Å². The third-order valence-electron chi connectivity index (χ3n) is 4.57. The van der Waals surface area contributed by atoms with Crippen LogP contribution in [0, 0.1) is 0 Å². The molecule has 3 rings (SSSR count). The van der Waals surface area contributed by atoms with E-state index < -0.39 is 0 Å². The Bertz CT molecular complexity index is 755. The summed E-state index contributed by atoms with van der Waals surface area (Å²) in [6.45, 7) is 0.277. The molecule has 0 spiro atoms. The van der Waals surface area contributed by atoms with Crippen molar-refractivity contribution in [2.45, 2.75) is 44.6 Å². The molecule has 0 unspecified atom stereocenters. The first-order valence-electron chi connectivity index (χ1n) is 9.00. The fourth-order valence-electron chi connectivity index (χ4n) is 3.18. The third-order valence-corrected chi connectivity index (χ3v) is 4.90. The predicted molar refractivity (Wildman–Crippen MR) is 101 cm³/mol. The molecule has 0 saturated heterocycles. The highest BCUT2D eigenvalue weighted by molar-refractivity contribution is 6.33. The molecule has 0 aliphatic heterocycles. The van der Waals surface area contributed by atoms with E-state index in [0.717, 1.165) is 18.5 Å². The topological polar surface area (TPSA) is 76.0 Å². The number of rotatable bonds is 6. The minimum absolute atomic E-state index is 0.0198. The number of halogens is 1. The van der Waals surface area contributed by atoms with Crippen LogP contribution in [-0.2, 0) is 4.79 Å². The third kappa shape index (κ3) is 4.85. The van der Waals surface area contributed by atoms with Gasteiger partial charge in [-0.15, -0.1) is 0 Å². The second kappa shape index (κ2) is 8.85. The van der Waals surface area contributed by atoms with Crippen LogP contribution in [0.4, 0.5) is 0 Å². The summed E-state index contributed by atoms with van der Waals surface area (Å²) in [5.74, 6) is -0.317. The van der Waals surface area contributed by atoms with Gasteiger partial charge in [-0.05, 0) is 37.1 Å². The Balaban J connectivity index is 1.51. The van der Waals surface area contributed by atoms with Crippen molar-refractivity contribution in [2.24, 2.45) is 0 Å². The number of hydrogen-bond donors (Lipinski definition) is 2. The number of amides is 2. The number of nitrogens with zero attached hydrogens (tertiary/aromatic N) is 2. The standard InChI is InChI=1S/C19H23ClN4O2/c20-17-8-7-15(24-12-4-10-22-24)13-16(17)19(26)21-11-9-18(25)23-14-5-2-1-3-6-14/h4,7-8,10,12-14H,1-3,5-6,9,11H2,(H,21,26)(H,23,25). The summed E-state index contributed by atoms with van der Waals surface area (Å²) in [7, 11) is 0. The Morgan fingerprint density at radius 2 is 2.04 bits per heavy atom. The molecule has 1 saturated carbocycles. The normalized spacial score (nSPS) is 14.8. The summed E-state index contributed by atoms with van der Waals surface area (Å²) >= 11 is 6.15. The molecule has 1 heterocycles. The zero-order valence-electron chi connectivity index (χ0n) is 14.6. The van der Waals surface area contributed by atoms with E-state index >= 15 is 0 Å². The molecule has 7 heteroatoms. The largest absolute Gasteiger partial charge is 0.353 e. The van der Waals surface area contributed by atoms with Gasteiger partial charge in [0.05, 0.1) is 16.3 Å². The molecule has 0 atom stereocenters. The molecule has 0 radical (unpaired) electrons. The van der Waals surface area contributed by atoms with Gasteiger partial charge in [-0.1, -0.05) is 30.9 Å². The Hall–Kier alpha value is -2.34. The first kappa shape index (κ1) is 18.5. The highest BCUT2D eigenvalue weighted by atomic mass is 35.5. The summed E-state index contributed by atoms with van der Waals surface area (Å²) in [6.07, 6.45) is 9.42. The fourth-order valence-corrected chi connectivity index (χ4v) is 3.39. The van der Waals surface area contributed by atoms with E-state index in [1.54, 1.807) is 41.3 Å².